The first kappa shape index (κ1) is 12.9. The molecule has 0 saturated heterocycles. The van der Waals surface area contributed by atoms with Crippen LogP contribution in [-0.2, 0) is 0 Å². The molecule has 0 radical (unpaired) electrons. The van der Waals surface area contributed by atoms with Crippen LogP contribution in [-0.4, -0.2) is 8.07 Å². The van der Waals surface area contributed by atoms with Crippen LogP contribution in [0, 0.1) is 11.8 Å². The summed E-state index contributed by atoms with van der Waals surface area (Å²) in [7, 11) is -1.41. The first-order valence-corrected chi connectivity index (χ1v) is 8.99. The smallest absolute Gasteiger partial charge is 0.0984 e. The Bertz CT molecular complexity index is 474. The molecule has 0 aliphatic heterocycles. The highest BCUT2D eigenvalue weighted by molar-refractivity contribution is 6.84. The maximum absolute atomic E-state index is 5.81. The fourth-order valence-electron chi connectivity index (χ4n) is 1.16. The summed E-state index contributed by atoms with van der Waals surface area (Å²) in [5.41, 5.74) is 3.92. The molecule has 0 aliphatic carbocycles. The normalized spacial score (nSPS) is 10.0. The molecule has 1 aromatic rings. The SMILES string of the molecule is C=C=C(C#Cc1ccc(Cl)cc1)[Si](C)(C)C. The summed E-state index contributed by atoms with van der Waals surface area (Å²) in [5.74, 6) is 6.27. The maximum atomic E-state index is 5.81. The largest absolute Gasteiger partial charge is 0.121 e. The second kappa shape index (κ2) is 5.23. The van der Waals surface area contributed by atoms with Crippen molar-refractivity contribution in [3.63, 3.8) is 0 Å². The highest BCUT2D eigenvalue weighted by Gasteiger charge is 2.17. The summed E-state index contributed by atoms with van der Waals surface area (Å²) >= 11 is 5.81. The molecule has 0 N–H and O–H groups in total. The van der Waals surface area contributed by atoms with Gasteiger partial charge in [0.2, 0.25) is 0 Å². The lowest BCUT2D eigenvalue weighted by atomic mass is 10.2. The van der Waals surface area contributed by atoms with Crippen molar-refractivity contribution in [1.29, 1.82) is 0 Å². The van der Waals surface area contributed by atoms with Crippen molar-refractivity contribution >= 4 is 19.7 Å². The van der Waals surface area contributed by atoms with E-state index in [1.807, 2.05) is 24.3 Å². The van der Waals surface area contributed by atoms with Gasteiger partial charge >= 0.3 is 0 Å². The predicted molar refractivity (Wildman–Crippen MR) is 74.3 cm³/mol. The third-order valence-corrected chi connectivity index (χ3v) is 4.16. The van der Waals surface area contributed by atoms with Crippen molar-refractivity contribution < 1.29 is 0 Å². The van der Waals surface area contributed by atoms with Crippen LogP contribution in [0.2, 0.25) is 24.7 Å². The minimum absolute atomic E-state index is 0.732. The molecule has 2 heteroatoms. The van der Waals surface area contributed by atoms with Crippen molar-refractivity contribution in [3.05, 3.63) is 52.4 Å². The monoisotopic (exact) mass is 246 g/mol. The van der Waals surface area contributed by atoms with E-state index in [4.69, 9.17) is 11.6 Å². The Labute approximate surface area is 104 Å². The van der Waals surface area contributed by atoms with E-state index in [0.29, 0.717) is 0 Å². The quantitative estimate of drug-likeness (QED) is 0.394. The molecular weight excluding hydrogens is 232 g/mol. The lowest BCUT2D eigenvalue weighted by molar-refractivity contribution is 1.64. The summed E-state index contributed by atoms with van der Waals surface area (Å²) in [4.78, 5) is 0. The van der Waals surface area contributed by atoms with Crippen molar-refractivity contribution in [2.24, 2.45) is 0 Å². The Balaban J connectivity index is 2.98. The molecule has 0 heterocycles. The number of benzene rings is 1. The van der Waals surface area contributed by atoms with E-state index < -0.39 is 8.07 Å². The third-order valence-electron chi connectivity index (χ3n) is 2.10. The standard InChI is InChI=1S/C14H15ClSi/c1-5-14(16(2,3)4)11-8-12-6-9-13(15)10-7-12/h6-7,9-10H,1H2,2-4H3. The lowest BCUT2D eigenvalue weighted by Gasteiger charge is -2.12. The van der Waals surface area contributed by atoms with Crippen LogP contribution >= 0.6 is 11.6 Å². The van der Waals surface area contributed by atoms with Gasteiger partial charge < -0.3 is 0 Å². The minimum Gasteiger partial charge on any atom is -0.121 e. The van der Waals surface area contributed by atoms with Crippen LogP contribution in [0.25, 0.3) is 0 Å². The lowest BCUT2D eigenvalue weighted by Crippen LogP contribution is -2.22. The van der Waals surface area contributed by atoms with E-state index in [0.717, 1.165) is 15.8 Å². The van der Waals surface area contributed by atoms with Crippen LogP contribution in [0.5, 0.6) is 0 Å². The predicted octanol–water partition coefficient (Wildman–Crippen LogP) is 4.28. The molecule has 0 bridgehead atoms. The van der Waals surface area contributed by atoms with Crippen molar-refractivity contribution in [3.8, 4) is 11.8 Å². The third kappa shape index (κ3) is 3.75. The van der Waals surface area contributed by atoms with Gasteiger partial charge in [-0.1, -0.05) is 49.7 Å². The highest BCUT2D eigenvalue weighted by atomic mass is 35.5. The average Bonchev–Trinajstić information content (AvgIpc) is 2.19. The van der Waals surface area contributed by atoms with E-state index in [2.05, 4.69) is 43.8 Å². The fourth-order valence-corrected chi connectivity index (χ4v) is 2.26. The zero-order valence-corrected chi connectivity index (χ0v) is 11.7. The zero-order chi connectivity index (χ0) is 12.2. The van der Waals surface area contributed by atoms with Gasteiger partial charge in [0.25, 0.3) is 0 Å². The Morgan fingerprint density at radius 3 is 2.19 bits per heavy atom. The zero-order valence-electron chi connectivity index (χ0n) is 9.89. The van der Waals surface area contributed by atoms with Crippen LogP contribution < -0.4 is 0 Å². The molecule has 0 amide bonds. The van der Waals surface area contributed by atoms with Crippen molar-refractivity contribution in [2.45, 2.75) is 19.6 Å². The van der Waals surface area contributed by atoms with Gasteiger partial charge in [-0.2, -0.15) is 0 Å². The molecule has 1 rings (SSSR count). The molecule has 1 aromatic carbocycles. The average molecular weight is 247 g/mol. The van der Waals surface area contributed by atoms with E-state index in [9.17, 15) is 0 Å². The fraction of sp³-hybridized carbons (Fsp3) is 0.214. The van der Waals surface area contributed by atoms with Crippen LogP contribution in [0.1, 0.15) is 5.56 Å². The maximum Gasteiger partial charge on any atom is 0.0984 e. The van der Waals surface area contributed by atoms with Gasteiger partial charge in [-0.25, -0.2) is 0 Å². The van der Waals surface area contributed by atoms with E-state index >= 15 is 0 Å². The Hall–Kier alpha value is -1.19. The van der Waals surface area contributed by atoms with Crippen LogP contribution in [0.3, 0.4) is 0 Å². The van der Waals surface area contributed by atoms with E-state index in [1.165, 1.54) is 0 Å². The number of halogens is 1. The highest BCUT2D eigenvalue weighted by Crippen LogP contribution is 2.13. The molecule has 0 unspecified atom stereocenters. The molecule has 16 heavy (non-hydrogen) atoms. The second-order valence-corrected chi connectivity index (χ2v) is 10.00. The van der Waals surface area contributed by atoms with Gasteiger partial charge in [0.05, 0.1) is 8.07 Å². The van der Waals surface area contributed by atoms with Gasteiger partial charge in [-0.3, -0.25) is 0 Å². The molecule has 0 aliphatic rings. The summed E-state index contributed by atoms with van der Waals surface area (Å²) in [6, 6.07) is 7.52. The van der Waals surface area contributed by atoms with Gasteiger partial charge in [0.1, 0.15) is 0 Å². The van der Waals surface area contributed by atoms with Crippen LogP contribution in [0.4, 0.5) is 0 Å². The Morgan fingerprint density at radius 2 is 1.75 bits per heavy atom. The molecular formula is C14H15ClSi. The van der Waals surface area contributed by atoms with Gasteiger partial charge in [0.15, 0.2) is 0 Å². The summed E-state index contributed by atoms with van der Waals surface area (Å²) < 4.78 is 0. The Kier molecular flexibility index (Phi) is 4.21. The van der Waals surface area contributed by atoms with Gasteiger partial charge in [0, 0.05) is 15.8 Å². The molecule has 0 spiro atoms. The number of rotatable bonds is 1. The van der Waals surface area contributed by atoms with Crippen molar-refractivity contribution in [1.82, 2.24) is 0 Å². The molecule has 0 saturated carbocycles. The van der Waals surface area contributed by atoms with Crippen molar-refractivity contribution in [2.75, 3.05) is 0 Å². The molecule has 0 fully saturated rings. The Morgan fingerprint density at radius 1 is 1.19 bits per heavy atom. The topological polar surface area (TPSA) is 0 Å². The summed E-state index contributed by atoms with van der Waals surface area (Å²) in [5, 5.41) is 1.79. The number of hydrogen-bond acceptors (Lipinski definition) is 0. The van der Waals surface area contributed by atoms with E-state index in [-0.39, 0.29) is 0 Å². The second-order valence-electron chi connectivity index (χ2n) is 4.56. The van der Waals surface area contributed by atoms with Crippen LogP contribution in [0.15, 0.2) is 41.8 Å². The number of allylic oxidation sites excluding steroid dienone is 1. The molecule has 0 nitrogen and oxygen atoms in total. The molecule has 0 aromatic heterocycles. The summed E-state index contributed by atoms with van der Waals surface area (Å²) in [6.07, 6.45) is 0. The van der Waals surface area contributed by atoms with Gasteiger partial charge in [-0.15, -0.1) is 5.73 Å². The summed E-state index contributed by atoms with van der Waals surface area (Å²) in [6.45, 7) is 10.4. The first-order chi connectivity index (χ1) is 7.43. The molecule has 82 valence electrons. The van der Waals surface area contributed by atoms with E-state index in [1.54, 1.807) is 0 Å². The number of hydrogen-bond donors (Lipinski definition) is 0. The first-order valence-electron chi connectivity index (χ1n) is 5.11. The molecule has 0 atom stereocenters. The van der Waals surface area contributed by atoms with Gasteiger partial charge in [-0.05, 0) is 24.3 Å². The minimum atomic E-state index is -1.41.